The van der Waals surface area contributed by atoms with E-state index < -0.39 is 10.0 Å². The SMILES string of the molecule is Cc1ccc(C)c(S(=O)(=O)NCC2=CCNCC2)c1. The number of hydrogen-bond donors (Lipinski definition) is 2. The summed E-state index contributed by atoms with van der Waals surface area (Å²) in [5.74, 6) is 0. The molecule has 1 aliphatic rings. The van der Waals surface area contributed by atoms with Crippen molar-refractivity contribution < 1.29 is 8.42 Å². The molecule has 0 aliphatic carbocycles. The van der Waals surface area contributed by atoms with E-state index in [1.807, 2.05) is 26.0 Å². The molecule has 2 N–H and O–H groups in total. The first-order valence-electron chi connectivity index (χ1n) is 6.44. The van der Waals surface area contributed by atoms with Gasteiger partial charge in [-0.05, 0) is 44.0 Å². The number of nitrogens with one attached hydrogen (secondary N) is 2. The molecular formula is C14H20N2O2S. The number of rotatable bonds is 4. The van der Waals surface area contributed by atoms with Gasteiger partial charge in [0.25, 0.3) is 0 Å². The molecule has 2 rings (SSSR count). The van der Waals surface area contributed by atoms with E-state index in [9.17, 15) is 8.42 Å². The second-order valence-corrected chi connectivity index (χ2v) is 6.65. The average molecular weight is 280 g/mol. The van der Waals surface area contributed by atoms with Crippen LogP contribution < -0.4 is 10.0 Å². The first-order chi connectivity index (χ1) is 8.99. The lowest BCUT2D eigenvalue weighted by molar-refractivity contribution is 0.581. The number of benzene rings is 1. The molecule has 1 aromatic rings. The summed E-state index contributed by atoms with van der Waals surface area (Å²) in [5.41, 5.74) is 2.87. The van der Waals surface area contributed by atoms with Gasteiger partial charge in [-0.15, -0.1) is 0 Å². The lowest BCUT2D eigenvalue weighted by Crippen LogP contribution is -2.30. The smallest absolute Gasteiger partial charge is 0.241 e. The Bertz CT molecular complexity index is 591. The maximum atomic E-state index is 12.3. The van der Waals surface area contributed by atoms with E-state index in [-0.39, 0.29) is 0 Å². The number of sulfonamides is 1. The zero-order chi connectivity index (χ0) is 13.9. The summed E-state index contributed by atoms with van der Waals surface area (Å²) in [6, 6.07) is 5.48. The first-order valence-corrected chi connectivity index (χ1v) is 7.93. The molecule has 0 spiro atoms. The van der Waals surface area contributed by atoms with E-state index >= 15 is 0 Å². The molecule has 1 aromatic carbocycles. The Labute approximate surface area is 115 Å². The standard InChI is InChI=1S/C14H20N2O2S/c1-11-3-4-12(2)14(9-11)19(17,18)16-10-13-5-7-15-8-6-13/h3-5,9,15-16H,6-8,10H2,1-2H3. The minimum absolute atomic E-state index is 0.377. The fourth-order valence-electron chi connectivity index (χ4n) is 2.09. The summed E-state index contributed by atoms with van der Waals surface area (Å²) in [6.45, 7) is 5.85. The molecule has 0 saturated carbocycles. The van der Waals surface area contributed by atoms with Crippen LogP contribution in [0.25, 0.3) is 0 Å². The first kappa shape index (κ1) is 14.2. The third kappa shape index (κ3) is 3.65. The van der Waals surface area contributed by atoms with Crippen LogP contribution >= 0.6 is 0 Å². The Morgan fingerprint density at radius 3 is 2.79 bits per heavy atom. The van der Waals surface area contributed by atoms with Crippen molar-refractivity contribution in [1.29, 1.82) is 0 Å². The predicted octanol–water partition coefficient (Wildman–Crippen LogP) is 1.50. The van der Waals surface area contributed by atoms with Crippen molar-refractivity contribution in [3.63, 3.8) is 0 Å². The summed E-state index contributed by atoms with van der Waals surface area (Å²) in [6.07, 6.45) is 2.95. The van der Waals surface area contributed by atoms with Gasteiger partial charge in [-0.25, -0.2) is 13.1 Å². The molecule has 0 aromatic heterocycles. The van der Waals surface area contributed by atoms with Crippen LogP contribution in [0.2, 0.25) is 0 Å². The van der Waals surface area contributed by atoms with Crippen molar-refractivity contribution in [3.8, 4) is 0 Å². The third-order valence-electron chi connectivity index (χ3n) is 3.28. The molecule has 19 heavy (non-hydrogen) atoms. The van der Waals surface area contributed by atoms with E-state index in [0.717, 1.165) is 36.2 Å². The molecule has 4 nitrogen and oxygen atoms in total. The monoisotopic (exact) mass is 280 g/mol. The fourth-order valence-corrected chi connectivity index (χ4v) is 3.46. The van der Waals surface area contributed by atoms with E-state index in [1.54, 1.807) is 6.07 Å². The molecule has 0 radical (unpaired) electrons. The van der Waals surface area contributed by atoms with Gasteiger partial charge in [-0.2, -0.15) is 0 Å². The van der Waals surface area contributed by atoms with E-state index in [2.05, 4.69) is 16.1 Å². The van der Waals surface area contributed by atoms with Crippen LogP contribution in [0.15, 0.2) is 34.7 Å². The Kier molecular flexibility index (Phi) is 4.39. The van der Waals surface area contributed by atoms with Gasteiger partial charge < -0.3 is 5.32 Å². The summed E-state index contributed by atoms with van der Waals surface area (Å²) in [5, 5.41) is 3.21. The van der Waals surface area contributed by atoms with Gasteiger partial charge in [-0.3, -0.25) is 0 Å². The minimum Gasteiger partial charge on any atom is -0.313 e. The Hall–Kier alpha value is -1.17. The Balaban J connectivity index is 2.13. The summed E-state index contributed by atoms with van der Waals surface area (Å²) >= 11 is 0. The van der Waals surface area contributed by atoms with Gasteiger partial charge >= 0.3 is 0 Å². The zero-order valence-electron chi connectivity index (χ0n) is 11.4. The molecule has 0 amide bonds. The molecule has 0 fully saturated rings. The van der Waals surface area contributed by atoms with Crippen LogP contribution in [0.1, 0.15) is 17.5 Å². The molecule has 0 bridgehead atoms. The van der Waals surface area contributed by atoms with E-state index in [1.165, 1.54) is 0 Å². The van der Waals surface area contributed by atoms with Gasteiger partial charge in [-0.1, -0.05) is 23.8 Å². The fraction of sp³-hybridized carbons (Fsp3) is 0.429. The van der Waals surface area contributed by atoms with Crippen LogP contribution in [0.4, 0.5) is 0 Å². The van der Waals surface area contributed by atoms with Crippen molar-refractivity contribution in [2.45, 2.75) is 25.2 Å². The highest BCUT2D eigenvalue weighted by atomic mass is 32.2. The summed E-state index contributed by atoms with van der Waals surface area (Å²) in [7, 11) is -3.42. The van der Waals surface area contributed by atoms with Crippen LogP contribution in [-0.2, 0) is 10.0 Å². The van der Waals surface area contributed by atoms with Gasteiger partial charge in [0, 0.05) is 13.1 Å². The van der Waals surface area contributed by atoms with E-state index in [0.29, 0.717) is 11.4 Å². The Morgan fingerprint density at radius 1 is 1.32 bits per heavy atom. The minimum atomic E-state index is -3.42. The van der Waals surface area contributed by atoms with Gasteiger partial charge in [0.05, 0.1) is 4.90 Å². The quantitative estimate of drug-likeness (QED) is 0.822. The van der Waals surface area contributed by atoms with Gasteiger partial charge in [0.2, 0.25) is 10.0 Å². The number of aryl methyl sites for hydroxylation is 2. The molecular weight excluding hydrogens is 260 g/mol. The van der Waals surface area contributed by atoms with Crippen LogP contribution in [-0.4, -0.2) is 28.1 Å². The largest absolute Gasteiger partial charge is 0.313 e. The van der Waals surface area contributed by atoms with Crippen molar-refractivity contribution in [2.75, 3.05) is 19.6 Å². The highest BCUT2D eigenvalue weighted by Gasteiger charge is 2.17. The van der Waals surface area contributed by atoms with Crippen molar-refractivity contribution in [1.82, 2.24) is 10.0 Å². The maximum absolute atomic E-state index is 12.3. The molecule has 0 atom stereocenters. The van der Waals surface area contributed by atoms with Crippen LogP contribution in [0.5, 0.6) is 0 Å². The molecule has 0 saturated heterocycles. The normalized spacial score (nSPS) is 16.2. The molecule has 104 valence electrons. The summed E-state index contributed by atoms with van der Waals surface area (Å²) < 4.78 is 27.3. The molecule has 0 unspecified atom stereocenters. The van der Waals surface area contributed by atoms with Crippen molar-refractivity contribution >= 4 is 10.0 Å². The lowest BCUT2D eigenvalue weighted by atomic mass is 10.1. The predicted molar refractivity (Wildman–Crippen MR) is 76.7 cm³/mol. The van der Waals surface area contributed by atoms with Crippen LogP contribution in [0.3, 0.4) is 0 Å². The third-order valence-corrected chi connectivity index (χ3v) is 4.82. The van der Waals surface area contributed by atoms with E-state index in [4.69, 9.17) is 0 Å². The molecule has 5 heteroatoms. The maximum Gasteiger partial charge on any atom is 0.241 e. The molecule has 1 heterocycles. The van der Waals surface area contributed by atoms with Crippen molar-refractivity contribution in [3.05, 3.63) is 41.0 Å². The molecule has 1 aliphatic heterocycles. The second-order valence-electron chi connectivity index (χ2n) is 4.91. The highest BCUT2D eigenvalue weighted by Crippen LogP contribution is 2.17. The van der Waals surface area contributed by atoms with Crippen LogP contribution in [0, 0.1) is 13.8 Å². The zero-order valence-corrected chi connectivity index (χ0v) is 12.2. The second kappa shape index (κ2) is 5.86. The lowest BCUT2D eigenvalue weighted by Gasteiger charge is -2.15. The van der Waals surface area contributed by atoms with Gasteiger partial charge in [0.15, 0.2) is 0 Å². The number of hydrogen-bond acceptors (Lipinski definition) is 3. The highest BCUT2D eigenvalue weighted by molar-refractivity contribution is 7.89. The van der Waals surface area contributed by atoms with Gasteiger partial charge in [0.1, 0.15) is 0 Å². The topological polar surface area (TPSA) is 58.2 Å². The average Bonchev–Trinajstić information content (AvgIpc) is 2.40. The summed E-state index contributed by atoms with van der Waals surface area (Å²) in [4.78, 5) is 0.377. The van der Waals surface area contributed by atoms with Crippen molar-refractivity contribution in [2.24, 2.45) is 0 Å². The Morgan fingerprint density at radius 2 is 2.11 bits per heavy atom.